The lowest BCUT2D eigenvalue weighted by Gasteiger charge is -2.03. The quantitative estimate of drug-likeness (QED) is 0.539. The maximum Gasteiger partial charge on any atom is 0.329 e. The van der Waals surface area contributed by atoms with E-state index in [1.807, 2.05) is 0 Å². The van der Waals surface area contributed by atoms with Gasteiger partial charge in [-0.1, -0.05) is 0 Å². The molecule has 0 spiro atoms. The summed E-state index contributed by atoms with van der Waals surface area (Å²) in [6, 6.07) is 1.54. The number of carboxylic acids is 1. The van der Waals surface area contributed by atoms with E-state index >= 15 is 0 Å². The summed E-state index contributed by atoms with van der Waals surface area (Å²) in [5, 5.41) is 16.9. The van der Waals surface area contributed by atoms with Crippen molar-refractivity contribution in [1.29, 1.82) is 0 Å². The largest absolute Gasteiger partial charge is 0.480 e. The van der Waals surface area contributed by atoms with Crippen molar-refractivity contribution < 1.29 is 19.4 Å². The number of amides is 1. The molecule has 0 fully saturated rings. The number of nitrogens with one attached hydrogen (secondary N) is 2. The van der Waals surface area contributed by atoms with Crippen molar-refractivity contribution in [2.24, 2.45) is 0 Å². The Morgan fingerprint density at radius 2 is 2.40 bits per heavy atom. The lowest BCUT2D eigenvalue weighted by Crippen LogP contribution is -2.28. The minimum absolute atomic E-state index is 0.159. The third-order valence-electron chi connectivity index (χ3n) is 1.50. The molecule has 7 nitrogen and oxygen atoms in total. The van der Waals surface area contributed by atoms with Crippen molar-refractivity contribution >= 4 is 11.9 Å². The molecule has 1 heterocycles. The molecule has 15 heavy (non-hydrogen) atoms. The SMILES string of the molecule is O=C(O)COCCNC(=O)c1ccn[nH]1. The maximum atomic E-state index is 11.2. The van der Waals surface area contributed by atoms with Crippen molar-refractivity contribution in [1.82, 2.24) is 15.5 Å². The number of aromatic nitrogens is 2. The summed E-state index contributed by atoms with van der Waals surface area (Å²) >= 11 is 0. The van der Waals surface area contributed by atoms with E-state index in [2.05, 4.69) is 15.5 Å². The van der Waals surface area contributed by atoms with Crippen LogP contribution in [0, 0.1) is 0 Å². The first-order chi connectivity index (χ1) is 7.20. The highest BCUT2D eigenvalue weighted by Crippen LogP contribution is 1.89. The number of nitrogens with zero attached hydrogens (tertiary/aromatic N) is 1. The first-order valence-electron chi connectivity index (χ1n) is 4.27. The highest BCUT2D eigenvalue weighted by molar-refractivity contribution is 5.92. The van der Waals surface area contributed by atoms with E-state index in [0.29, 0.717) is 5.69 Å². The van der Waals surface area contributed by atoms with E-state index in [4.69, 9.17) is 9.84 Å². The van der Waals surface area contributed by atoms with Gasteiger partial charge in [0.1, 0.15) is 12.3 Å². The molecule has 0 aliphatic carbocycles. The number of rotatable bonds is 6. The Hall–Kier alpha value is -1.89. The lowest BCUT2D eigenvalue weighted by molar-refractivity contribution is -0.142. The minimum Gasteiger partial charge on any atom is -0.480 e. The Morgan fingerprint density at radius 3 is 3.00 bits per heavy atom. The minimum atomic E-state index is -1.03. The predicted molar refractivity (Wildman–Crippen MR) is 49.4 cm³/mol. The van der Waals surface area contributed by atoms with Gasteiger partial charge in [-0.25, -0.2) is 4.79 Å². The van der Waals surface area contributed by atoms with Crippen LogP contribution in [0.1, 0.15) is 10.5 Å². The first kappa shape index (κ1) is 11.2. The van der Waals surface area contributed by atoms with Gasteiger partial charge in [0.25, 0.3) is 5.91 Å². The van der Waals surface area contributed by atoms with Crippen molar-refractivity contribution in [3.05, 3.63) is 18.0 Å². The van der Waals surface area contributed by atoms with Crippen molar-refractivity contribution in [2.45, 2.75) is 0 Å². The number of ether oxygens (including phenoxy) is 1. The van der Waals surface area contributed by atoms with Gasteiger partial charge in [-0.05, 0) is 6.07 Å². The molecule has 0 bridgehead atoms. The van der Waals surface area contributed by atoms with Crippen LogP contribution in [-0.4, -0.2) is 46.9 Å². The summed E-state index contributed by atoms with van der Waals surface area (Å²) in [6.45, 7) is 0.0528. The zero-order valence-electron chi connectivity index (χ0n) is 7.90. The van der Waals surface area contributed by atoms with Crippen molar-refractivity contribution in [3.63, 3.8) is 0 Å². The molecule has 0 saturated carbocycles. The average molecular weight is 213 g/mol. The van der Waals surface area contributed by atoms with E-state index < -0.39 is 5.97 Å². The Labute approximate surface area is 85.4 Å². The second kappa shape index (κ2) is 5.76. The molecule has 7 heteroatoms. The van der Waals surface area contributed by atoms with Crippen LogP contribution in [0.4, 0.5) is 0 Å². The van der Waals surface area contributed by atoms with Crippen LogP contribution in [0.25, 0.3) is 0 Å². The van der Waals surface area contributed by atoms with Gasteiger partial charge in [0.05, 0.1) is 6.61 Å². The van der Waals surface area contributed by atoms with Gasteiger partial charge in [0, 0.05) is 12.7 Å². The summed E-state index contributed by atoms with van der Waals surface area (Å²) in [7, 11) is 0. The molecule has 1 aromatic heterocycles. The van der Waals surface area contributed by atoms with E-state index in [9.17, 15) is 9.59 Å². The second-order valence-corrected chi connectivity index (χ2v) is 2.67. The van der Waals surface area contributed by atoms with Crippen LogP contribution in [0.3, 0.4) is 0 Å². The van der Waals surface area contributed by atoms with Gasteiger partial charge in [-0.15, -0.1) is 0 Å². The normalized spacial score (nSPS) is 9.87. The number of H-pyrrole nitrogens is 1. The van der Waals surface area contributed by atoms with Gasteiger partial charge in [0.2, 0.25) is 0 Å². The van der Waals surface area contributed by atoms with Crippen LogP contribution < -0.4 is 5.32 Å². The second-order valence-electron chi connectivity index (χ2n) is 2.67. The molecule has 1 aromatic rings. The summed E-state index contributed by atoms with van der Waals surface area (Å²) in [6.07, 6.45) is 1.47. The number of hydrogen-bond donors (Lipinski definition) is 3. The van der Waals surface area contributed by atoms with Gasteiger partial charge in [0.15, 0.2) is 0 Å². The van der Waals surface area contributed by atoms with E-state index in [-0.39, 0.29) is 25.7 Å². The highest BCUT2D eigenvalue weighted by Gasteiger charge is 2.05. The zero-order chi connectivity index (χ0) is 11.1. The molecule has 3 N–H and O–H groups in total. The van der Waals surface area contributed by atoms with E-state index in [0.717, 1.165) is 0 Å². The molecule has 0 aliphatic rings. The van der Waals surface area contributed by atoms with Crippen molar-refractivity contribution in [2.75, 3.05) is 19.8 Å². The molecule has 0 aliphatic heterocycles. The number of carbonyl (C=O) groups is 2. The molecular formula is C8H11N3O4. The predicted octanol–water partition coefficient (Wildman–Crippen LogP) is -0.759. The van der Waals surface area contributed by atoms with Crippen LogP contribution >= 0.6 is 0 Å². The summed E-state index contributed by atoms with van der Waals surface area (Å²) in [5.74, 6) is -1.33. The highest BCUT2D eigenvalue weighted by atomic mass is 16.5. The summed E-state index contributed by atoms with van der Waals surface area (Å²) < 4.78 is 4.72. The van der Waals surface area contributed by atoms with Crippen molar-refractivity contribution in [3.8, 4) is 0 Å². The van der Waals surface area contributed by atoms with Gasteiger partial charge < -0.3 is 15.2 Å². The molecule has 0 atom stereocenters. The van der Waals surface area contributed by atoms with Crippen LogP contribution in [0.5, 0.6) is 0 Å². The van der Waals surface area contributed by atoms with Gasteiger partial charge in [-0.3, -0.25) is 9.89 Å². The Kier molecular flexibility index (Phi) is 4.30. The number of aromatic amines is 1. The molecule has 82 valence electrons. The standard InChI is InChI=1S/C8H11N3O4/c12-7(13)5-15-4-3-9-8(14)6-1-2-10-11-6/h1-2H,3-5H2,(H,9,14)(H,10,11)(H,12,13). The molecule has 0 unspecified atom stereocenters. The molecule has 0 saturated heterocycles. The smallest absolute Gasteiger partial charge is 0.329 e. The third-order valence-corrected chi connectivity index (χ3v) is 1.50. The summed E-state index contributed by atoms with van der Waals surface area (Å²) in [5.41, 5.74) is 0.355. The van der Waals surface area contributed by atoms with E-state index in [1.54, 1.807) is 0 Å². The molecule has 0 radical (unpaired) electrons. The lowest BCUT2D eigenvalue weighted by atomic mass is 10.4. The first-order valence-corrected chi connectivity index (χ1v) is 4.27. The monoisotopic (exact) mass is 213 g/mol. The Morgan fingerprint density at radius 1 is 1.60 bits per heavy atom. The van der Waals surface area contributed by atoms with Gasteiger partial charge >= 0.3 is 5.97 Å². The summed E-state index contributed by atoms with van der Waals surface area (Å²) in [4.78, 5) is 21.3. The van der Waals surface area contributed by atoms with Crippen LogP contribution in [0.2, 0.25) is 0 Å². The Bertz CT molecular complexity index is 323. The molecule has 0 aromatic carbocycles. The number of aliphatic carboxylic acids is 1. The topological polar surface area (TPSA) is 104 Å². The van der Waals surface area contributed by atoms with Crippen LogP contribution in [-0.2, 0) is 9.53 Å². The van der Waals surface area contributed by atoms with Crippen LogP contribution in [0.15, 0.2) is 12.3 Å². The molecule has 1 amide bonds. The molecule has 1 rings (SSSR count). The fourth-order valence-corrected chi connectivity index (χ4v) is 0.874. The number of carboxylic acid groups (broad SMARTS) is 1. The van der Waals surface area contributed by atoms with Gasteiger partial charge in [-0.2, -0.15) is 5.10 Å². The number of carbonyl (C=O) groups excluding carboxylic acids is 1. The average Bonchev–Trinajstić information content (AvgIpc) is 2.69. The maximum absolute atomic E-state index is 11.2. The number of hydrogen-bond acceptors (Lipinski definition) is 4. The fourth-order valence-electron chi connectivity index (χ4n) is 0.874. The fraction of sp³-hybridized carbons (Fsp3) is 0.375. The third kappa shape index (κ3) is 4.23. The molecular weight excluding hydrogens is 202 g/mol. The Balaban J connectivity index is 2.10. The zero-order valence-corrected chi connectivity index (χ0v) is 7.90. The van der Waals surface area contributed by atoms with E-state index in [1.165, 1.54) is 12.3 Å².